The molecule has 18 heavy (non-hydrogen) atoms. The van der Waals surface area contributed by atoms with Gasteiger partial charge < -0.3 is 21.3 Å². The summed E-state index contributed by atoms with van der Waals surface area (Å²) in [5.74, 6) is -1.89. The molecule has 0 saturated heterocycles. The summed E-state index contributed by atoms with van der Waals surface area (Å²) in [5, 5.41) is 21.7. The van der Waals surface area contributed by atoms with Crippen molar-refractivity contribution in [3.05, 3.63) is 29.3 Å². The number of hydrogen-bond donors (Lipinski definition) is 4. The van der Waals surface area contributed by atoms with Gasteiger partial charge in [-0.3, -0.25) is 9.59 Å². The van der Waals surface area contributed by atoms with Crippen molar-refractivity contribution in [2.75, 3.05) is 5.32 Å². The zero-order valence-electron chi connectivity index (χ0n) is 9.80. The average molecular weight is 250 g/mol. The number of para-hydroxylation sites is 1. The molecule has 0 fully saturated rings. The Labute approximate surface area is 103 Å². The predicted octanol–water partition coefficient (Wildman–Crippen LogP) is -0.0633. The second-order valence-corrected chi connectivity index (χ2v) is 4.46. The van der Waals surface area contributed by atoms with Gasteiger partial charge in [0.25, 0.3) is 5.91 Å². The maximum Gasteiger partial charge on any atom is 0.320 e. The quantitative estimate of drug-likeness (QED) is 0.600. The number of carbonyl (C=O) groups excluding carboxylic acids is 1. The Morgan fingerprint density at radius 2 is 2.22 bits per heavy atom. The second-order valence-electron chi connectivity index (χ2n) is 4.46. The van der Waals surface area contributed by atoms with Gasteiger partial charge in [0, 0.05) is 12.0 Å². The van der Waals surface area contributed by atoms with Crippen molar-refractivity contribution in [3.63, 3.8) is 0 Å². The van der Waals surface area contributed by atoms with Gasteiger partial charge in [-0.25, -0.2) is 0 Å². The fourth-order valence-corrected chi connectivity index (χ4v) is 2.13. The standard InChI is InChI=1S/C12H14N2O4/c1-6-3-2-4-7-9(6)14-11(17)12(7,18)5-8(13)10(15)16/h2-4,8,18H,5,13H2,1H3,(H,14,17)(H,15,16)/t8-,12-/m0/s1. The number of carboxylic acid groups (broad SMARTS) is 1. The largest absolute Gasteiger partial charge is 0.480 e. The molecule has 0 spiro atoms. The normalized spacial score (nSPS) is 23.4. The highest BCUT2D eigenvalue weighted by Crippen LogP contribution is 2.40. The summed E-state index contributed by atoms with van der Waals surface area (Å²) < 4.78 is 0. The lowest BCUT2D eigenvalue weighted by Crippen LogP contribution is -2.43. The van der Waals surface area contributed by atoms with Crippen molar-refractivity contribution < 1.29 is 19.8 Å². The molecule has 6 nitrogen and oxygen atoms in total. The summed E-state index contributed by atoms with van der Waals surface area (Å²) in [5.41, 5.74) is 5.24. The number of amides is 1. The molecular formula is C12H14N2O4. The second kappa shape index (κ2) is 4.08. The van der Waals surface area contributed by atoms with Gasteiger partial charge in [0.05, 0.1) is 5.69 Å². The Morgan fingerprint density at radius 3 is 2.83 bits per heavy atom. The molecule has 1 amide bonds. The molecule has 1 aromatic rings. The maximum atomic E-state index is 11.9. The van der Waals surface area contributed by atoms with Gasteiger partial charge >= 0.3 is 5.97 Å². The van der Waals surface area contributed by atoms with E-state index in [1.807, 2.05) is 0 Å². The molecule has 0 aromatic heterocycles. The van der Waals surface area contributed by atoms with Crippen LogP contribution < -0.4 is 11.1 Å². The van der Waals surface area contributed by atoms with E-state index in [0.29, 0.717) is 11.3 Å². The minimum absolute atomic E-state index is 0.357. The van der Waals surface area contributed by atoms with E-state index in [1.54, 1.807) is 25.1 Å². The lowest BCUT2D eigenvalue weighted by Gasteiger charge is -2.22. The van der Waals surface area contributed by atoms with E-state index >= 15 is 0 Å². The SMILES string of the molecule is Cc1cccc2c1NC(=O)[C@]2(O)C[C@H](N)C(=O)O. The van der Waals surface area contributed by atoms with Crippen LogP contribution in [0.2, 0.25) is 0 Å². The smallest absolute Gasteiger partial charge is 0.320 e. The Hall–Kier alpha value is -1.92. The maximum absolute atomic E-state index is 11.9. The molecule has 0 saturated carbocycles. The number of nitrogens with one attached hydrogen (secondary N) is 1. The first-order valence-electron chi connectivity index (χ1n) is 5.48. The number of benzene rings is 1. The summed E-state index contributed by atoms with van der Waals surface area (Å²) >= 11 is 0. The zero-order valence-corrected chi connectivity index (χ0v) is 9.80. The van der Waals surface area contributed by atoms with Crippen LogP contribution >= 0.6 is 0 Å². The highest BCUT2D eigenvalue weighted by atomic mass is 16.4. The number of aliphatic hydroxyl groups is 1. The average Bonchev–Trinajstić information content (AvgIpc) is 2.54. The molecule has 6 heteroatoms. The van der Waals surface area contributed by atoms with Crippen molar-refractivity contribution in [2.24, 2.45) is 5.73 Å². The van der Waals surface area contributed by atoms with Crippen molar-refractivity contribution in [1.82, 2.24) is 0 Å². The van der Waals surface area contributed by atoms with Crippen LogP contribution in [-0.4, -0.2) is 28.1 Å². The van der Waals surface area contributed by atoms with Gasteiger partial charge in [-0.15, -0.1) is 0 Å². The molecule has 1 heterocycles. The van der Waals surface area contributed by atoms with E-state index in [4.69, 9.17) is 10.8 Å². The van der Waals surface area contributed by atoms with Crippen LogP contribution in [0, 0.1) is 6.92 Å². The van der Waals surface area contributed by atoms with Crippen LogP contribution in [0.3, 0.4) is 0 Å². The minimum Gasteiger partial charge on any atom is -0.480 e. The first-order chi connectivity index (χ1) is 8.36. The van der Waals surface area contributed by atoms with E-state index in [9.17, 15) is 14.7 Å². The highest BCUT2D eigenvalue weighted by molar-refractivity contribution is 6.05. The predicted molar refractivity (Wildman–Crippen MR) is 63.9 cm³/mol. The van der Waals surface area contributed by atoms with Crippen LogP contribution in [0.4, 0.5) is 5.69 Å². The molecule has 1 aliphatic heterocycles. The van der Waals surface area contributed by atoms with Crippen molar-refractivity contribution in [2.45, 2.75) is 25.0 Å². The van der Waals surface area contributed by atoms with Gasteiger partial charge in [0.1, 0.15) is 6.04 Å². The molecule has 0 aliphatic carbocycles. The van der Waals surface area contributed by atoms with Crippen molar-refractivity contribution >= 4 is 17.6 Å². The lowest BCUT2D eigenvalue weighted by atomic mass is 9.88. The molecule has 96 valence electrons. The van der Waals surface area contributed by atoms with Crippen LogP contribution in [0.1, 0.15) is 17.5 Å². The van der Waals surface area contributed by atoms with E-state index in [-0.39, 0.29) is 6.42 Å². The fraction of sp³-hybridized carbons (Fsp3) is 0.333. The minimum atomic E-state index is -1.88. The van der Waals surface area contributed by atoms with Gasteiger partial charge in [-0.2, -0.15) is 0 Å². The Balaban J connectivity index is 2.43. The number of rotatable bonds is 3. The van der Waals surface area contributed by atoms with Gasteiger partial charge in [0.15, 0.2) is 5.60 Å². The number of carboxylic acids is 1. The highest BCUT2D eigenvalue weighted by Gasteiger charge is 2.47. The van der Waals surface area contributed by atoms with Gasteiger partial charge in [0.2, 0.25) is 0 Å². The number of hydrogen-bond acceptors (Lipinski definition) is 4. The molecule has 2 rings (SSSR count). The van der Waals surface area contributed by atoms with Gasteiger partial charge in [-0.1, -0.05) is 18.2 Å². The Bertz CT molecular complexity index is 529. The van der Waals surface area contributed by atoms with Crippen LogP contribution in [-0.2, 0) is 15.2 Å². The summed E-state index contributed by atoms with van der Waals surface area (Å²) in [6.07, 6.45) is -0.357. The fourth-order valence-electron chi connectivity index (χ4n) is 2.13. The van der Waals surface area contributed by atoms with Crippen LogP contribution in [0.5, 0.6) is 0 Å². The van der Waals surface area contributed by atoms with Crippen LogP contribution in [0.25, 0.3) is 0 Å². The first kappa shape index (κ1) is 12.5. The number of nitrogens with two attached hydrogens (primary N) is 1. The molecule has 1 aromatic carbocycles. The molecule has 1 aliphatic rings. The third kappa shape index (κ3) is 1.75. The van der Waals surface area contributed by atoms with Crippen molar-refractivity contribution in [3.8, 4) is 0 Å². The lowest BCUT2D eigenvalue weighted by molar-refractivity contribution is -0.143. The topological polar surface area (TPSA) is 113 Å². The summed E-state index contributed by atoms with van der Waals surface area (Å²) in [6, 6.07) is 3.79. The zero-order chi connectivity index (χ0) is 13.5. The number of aliphatic carboxylic acids is 1. The van der Waals surface area contributed by atoms with Gasteiger partial charge in [-0.05, 0) is 12.5 Å². The van der Waals surface area contributed by atoms with Crippen LogP contribution in [0.15, 0.2) is 18.2 Å². The van der Waals surface area contributed by atoms with E-state index in [2.05, 4.69) is 5.32 Å². The summed E-state index contributed by atoms with van der Waals surface area (Å²) in [7, 11) is 0. The molecule has 0 radical (unpaired) electrons. The number of carbonyl (C=O) groups is 2. The third-order valence-electron chi connectivity index (χ3n) is 3.17. The third-order valence-corrected chi connectivity index (χ3v) is 3.17. The summed E-state index contributed by atoms with van der Waals surface area (Å²) in [6.45, 7) is 1.79. The Kier molecular flexibility index (Phi) is 2.84. The monoisotopic (exact) mass is 250 g/mol. The number of anilines is 1. The number of fused-ring (bicyclic) bond motifs is 1. The molecule has 5 N–H and O–H groups in total. The summed E-state index contributed by atoms with van der Waals surface area (Å²) in [4.78, 5) is 22.6. The van der Waals surface area contributed by atoms with Crippen molar-refractivity contribution in [1.29, 1.82) is 0 Å². The molecule has 0 unspecified atom stereocenters. The van der Waals surface area contributed by atoms with E-state index in [0.717, 1.165) is 5.56 Å². The van der Waals surface area contributed by atoms with E-state index in [1.165, 1.54) is 0 Å². The number of aryl methyl sites for hydroxylation is 1. The Morgan fingerprint density at radius 1 is 1.56 bits per heavy atom. The first-order valence-corrected chi connectivity index (χ1v) is 5.48. The molecule has 0 bridgehead atoms. The molecule has 2 atom stereocenters. The molecular weight excluding hydrogens is 236 g/mol. The van der Waals surface area contributed by atoms with E-state index < -0.39 is 23.5 Å².